The highest BCUT2D eigenvalue weighted by Gasteiger charge is 2.39. The lowest BCUT2D eigenvalue weighted by atomic mass is 10.2. The number of fused-ring (bicyclic) bond motifs is 3. The molecule has 0 saturated heterocycles. The second-order valence-corrected chi connectivity index (χ2v) is 13.0. The largest absolute Gasteiger partial charge is 0.497 e. The summed E-state index contributed by atoms with van der Waals surface area (Å²) in [7, 11) is -3.39. The Morgan fingerprint density at radius 2 is 1.51 bits per heavy atom. The molecule has 0 radical (unpaired) electrons. The number of ether oxygens (including phenoxy) is 1. The van der Waals surface area contributed by atoms with Crippen LogP contribution in [0, 0.1) is 0 Å². The fourth-order valence-corrected chi connectivity index (χ4v) is 7.29. The van der Waals surface area contributed by atoms with E-state index in [9.17, 15) is 26.7 Å². The number of methoxy groups -OCH3 is 1. The van der Waals surface area contributed by atoms with Crippen molar-refractivity contribution in [1.29, 1.82) is 0 Å². The van der Waals surface area contributed by atoms with Gasteiger partial charge in [-0.1, -0.05) is 50.1 Å². The van der Waals surface area contributed by atoms with Gasteiger partial charge < -0.3 is 14.4 Å². The molecule has 0 saturated carbocycles. The smallest absolute Gasteiger partial charge is 0.417 e. The summed E-state index contributed by atoms with van der Waals surface area (Å²) in [5, 5.41) is 13.2. The predicted octanol–water partition coefficient (Wildman–Crippen LogP) is 7.60. The van der Waals surface area contributed by atoms with Crippen LogP contribution in [0.15, 0.2) is 98.8 Å². The Morgan fingerprint density at radius 3 is 2.10 bits per heavy atom. The Kier molecular flexibility index (Phi) is 8.12. The molecule has 5 rings (SSSR count). The molecule has 0 aliphatic heterocycles. The molecule has 0 aliphatic rings. The zero-order chi connectivity index (χ0) is 29.5. The maximum Gasteiger partial charge on any atom is 0.417 e. The SMILES string of the molecule is COc1cccc(N(CC(O)Cn2c3ccc(Br)cc3c3cc(Br)ccc32)S(=O)(=O)c2ccccc2C(F)(F)F)c1. The summed E-state index contributed by atoms with van der Waals surface area (Å²) in [5.74, 6) is 0.305. The first-order chi connectivity index (χ1) is 19.4. The average Bonchev–Trinajstić information content (AvgIpc) is 3.22. The van der Waals surface area contributed by atoms with Crippen LogP contribution in [0.1, 0.15) is 5.56 Å². The normalized spacial score (nSPS) is 13.0. The minimum absolute atomic E-state index is 0.0276. The number of aliphatic hydroxyl groups excluding tert-OH is 1. The summed E-state index contributed by atoms with van der Waals surface area (Å²) in [5.41, 5.74) is 0.369. The van der Waals surface area contributed by atoms with Gasteiger partial charge in [-0.15, -0.1) is 0 Å². The van der Waals surface area contributed by atoms with Crippen molar-refractivity contribution >= 4 is 69.4 Å². The van der Waals surface area contributed by atoms with Gasteiger partial charge in [0.1, 0.15) is 5.75 Å². The van der Waals surface area contributed by atoms with Crippen molar-refractivity contribution in [3.05, 3.63) is 99.4 Å². The summed E-state index contributed by atoms with van der Waals surface area (Å²) in [4.78, 5) is -0.908. The number of benzene rings is 4. The number of aliphatic hydroxyl groups is 1. The number of nitrogens with zero attached hydrogens (tertiary/aromatic N) is 2. The summed E-state index contributed by atoms with van der Waals surface area (Å²) >= 11 is 6.99. The molecular formula is C29H23Br2F3N2O4S. The zero-order valence-electron chi connectivity index (χ0n) is 21.4. The molecule has 4 aromatic carbocycles. The van der Waals surface area contributed by atoms with E-state index >= 15 is 0 Å². The van der Waals surface area contributed by atoms with E-state index in [1.54, 1.807) is 6.07 Å². The molecule has 1 N–H and O–H groups in total. The molecule has 0 fully saturated rings. The van der Waals surface area contributed by atoms with E-state index in [4.69, 9.17) is 4.74 Å². The Labute approximate surface area is 251 Å². The Morgan fingerprint density at radius 1 is 0.902 bits per heavy atom. The van der Waals surface area contributed by atoms with E-state index in [1.807, 2.05) is 41.0 Å². The number of aromatic nitrogens is 1. The van der Waals surface area contributed by atoms with Gasteiger partial charge in [-0.2, -0.15) is 13.2 Å². The number of alkyl halides is 3. The van der Waals surface area contributed by atoms with Crippen molar-refractivity contribution in [1.82, 2.24) is 4.57 Å². The zero-order valence-corrected chi connectivity index (χ0v) is 25.4. The van der Waals surface area contributed by atoms with Gasteiger partial charge in [0.25, 0.3) is 10.0 Å². The van der Waals surface area contributed by atoms with Gasteiger partial charge in [-0.25, -0.2) is 8.42 Å². The maximum atomic E-state index is 13.9. The van der Waals surface area contributed by atoms with Crippen LogP contribution in [0.25, 0.3) is 21.8 Å². The number of rotatable bonds is 8. The van der Waals surface area contributed by atoms with Gasteiger partial charge in [0.2, 0.25) is 0 Å². The van der Waals surface area contributed by atoms with Crippen LogP contribution in [-0.2, 0) is 22.7 Å². The Hall–Kier alpha value is -3.06. The van der Waals surface area contributed by atoms with Crippen LogP contribution < -0.4 is 9.04 Å². The van der Waals surface area contributed by atoms with Crippen LogP contribution in [0.2, 0.25) is 0 Å². The average molecular weight is 712 g/mol. The van der Waals surface area contributed by atoms with Gasteiger partial charge >= 0.3 is 6.18 Å². The molecule has 0 amide bonds. The van der Waals surface area contributed by atoms with Crippen LogP contribution in [-0.4, -0.2) is 37.8 Å². The van der Waals surface area contributed by atoms with Crippen molar-refractivity contribution in [2.45, 2.75) is 23.7 Å². The molecule has 0 bridgehead atoms. The summed E-state index contributed by atoms with van der Waals surface area (Å²) in [6.07, 6.45) is -6.21. The van der Waals surface area contributed by atoms with E-state index in [0.29, 0.717) is 5.75 Å². The van der Waals surface area contributed by atoms with Crippen molar-refractivity contribution in [3.63, 3.8) is 0 Å². The van der Waals surface area contributed by atoms with Crippen LogP contribution in [0.5, 0.6) is 5.75 Å². The van der Waals surface area contributed by atoms with E-state index in [2.05, 4.69) is 31.9 Å². The van der Waals surface area contributed by atoms with Crippen LogP contribution >= 0.6 is 31.9 Å². The van der Waals surface area contributed by atoms with E-state index in [0.717, 1.165) is 53.3 Å². The van der Waals surface area contributed by atoms with Gasteiger partial charge in [0.05, 0.1) is 42.4 Å². The molecule has 214 valence electrons. The third-order valence-corrected chi connectivity index (χ3v) is 9.50. The molecule has 1 heterocycles. The Bertz CT molecular complexity index is 1800. The second-order valence-electron chi connectivity index (χ2n) is 9.32. The minimum Gasteiger partial charge on any atom is -0.497 e. The van der Waals surface area contributed by atoms with Crippen molar-refractivity contribution < 1.29 is 31.4 Å². The number of anilines is 1. The molecule has 41 heavy (non-hydrogen) atoms. The Balaban J connectivity index is 1.60. The molecule has 1 unspecified atom stereocenters. The monoisotopic (exact) mass is 710 g/mol. The van der Waals surface area contributed by atoms with Gasteiger partial charge in [-0.3, -0.25) is 4.31 Å². The summed E-state index contributed by atoms with van der Waals surface area (Å²) in [6.45, 7) is -0.546. The van der Waals surface area contributed by atoms with E-state index < -0.39 is 39.3 Å². The molecule has 0 aliphatic carbocycles. The summed E-state index contributed by atoms with van der Waals surface area (Å²) in [6, 6.07) is 21.4. The second kappa shape index (κ2) is 11.3. The minimum atomic E-state index is -4.91. The topological polar surface area (TPSA) is 71.8 Å². The highest BCUT2D eigenvalue weighted by atomic mass is 79.9. The molecule has 6 nitrogen and oxygen atoms in total. The third-order valence-electron chi connectivity index (χ3n) is 6.66. The van der Waals surface area contributed by atoms with Gasteiger partial charge in [0.15, 0.2) is 0 Å². The van der Waals surface area contributed by atoms with E-state index in [1.165, 1.54) is 31.4 Å². The standard InChI is InChI=1S/C29H23Br2F3N2O4S/c1-40-22-6-4-5-20(15-22)36(41(38,39)28-8-3-2-7-25(28)29(32,33)34)17-21(37)16-35-26-11-9-18(30)13-23(26)24-14-19(31)10-12-27(24)35/h2-15,21,37H,16-17H2,1H3. The molecule has 12 heteroatoms. The highest BCUT2D eigenvalue weighted by Crippen LogP contribution is 2.37. The van der Waals surface area contributed by atoms with Crippen molar-refractivity contribution in [2.75, 3.05) is 18.0 Å². The van der Waals surface area contributed by atoms with E-state index in [-0.39, 0.29) is 12.2 Å². The molecule has 5 aromatic rings. The lowest BCUT2D eigenvalue weighted by Crippen LogP contribution is -2.40. The van der Waals surface area contributed by atoms with Gasteiger partial charge in [-0.05, 0) is 60.7 Å². The molecule has 0 spiro atoms. The van der Waals surface area contributed by atoms with Crippen molar-refractivity contribution in [3.8, 4) is 5.75 Å². The quantitative estimate of drug-likeness (QED) is 0.180. The predicted molar refractivity (Wildman–Crippen MR) is 160 cm³/mol. The number of hydrogen-bond donors (Lipinski definition) is 1. The molecule has 1 atom stereocenters. The first kappa shape index (κ1) is 29.4. The number of hydrogen-bond acceptors (Lipinski definition) is 4. The fourth-order valence-electron chi connectivity index (χ4n) is 4.86. The first-order valence-corrected chi connectivity index (χ1v) is 15.3. The van der Waals surface area contributed by atoms with Crippen LogP contribution in [0.4, 0.5) is 18.9 Å². The lowest BCUT2D eigenvalue weighted by molar-refractivity contribution is -0.139. The highest BCUT2D eigenvalue weighted by molar-refractivity contribution is 9.10. The molecule has 1 aromatic heterocycles. The molecular weight excluding hydrogens is 689 g/mol. The fraction of sp³-hybridized carbons (Fsp3) is 0.172. The number of halogens is 5. The number of sulfonamides is 1. The van der Waals surface area contributed by atoms with Crippen molar-refractivity contribution in [2.24, 2.45) is 0 Å². The maximum absolute atomic E-state index is 13.9. The summed E-state index contributed by atoms with van der Waals surface area (Å²) < 4.78 is 79.0. The van der Waals surface area contributed by atoms with Gasteiger partial charge in [0, 0.05) is 36.8 Å². The third kappa shape index (κ3) is 5.83. The lowest BCUT2D eigenvalue weighted by Gasteiger charge is -2.28. The first-order valence-electron chi connectivity index (χ1n) is 12.3. The van der Waals surface area contributed by atoms with Crippen LogP contribution in [0.3, 0.4) is 0 Å².